The molecule has 0 aliphatic carbocycles. The Morgan fingerprint density at radius 2 is 1.67 bits per heavy atom. The van der Waals surface area contributed by atoms with E-state index in [1.165, 1.54) is 14.0 Å². The fourth-order valence-electron chi connectivity index (χ4n) is 2.18. The Labute approximate surface area is 103 Å². The zero-order valence-corrected chi connectivity index (χ0v) is 10.0. The number of carbonyl (C=O) groups excluding carboxylic acids is 1. The number of ether oxygens (including phenoxy) is 2. The van der Waals surface area contributed by atoms with Crippen LogP contribution in [0.5, 0.6) is 0 Å². The van der Waals surface area contributed by atoms with Crippen LogP contribution in [0.2, 0.25) is 0 Å². The second kappa shape index (κ2) is 4.63. The highest BCUT2D eigenvalue weighted by Gasteiger charge is 2.52. The molecule has 0 aromatic carbocycles. The molecule has 2 aliphatic rings. The van der Waals surface area contributed by atoms with Gasteiger partial charge in [-0.3, -0.25) is 4.90 Å². The molecular formula is C10H17NO7. The molecule has 0 bridgehead atoms. The van der Waals surface area contributed by atoms with E-state index in [1.54, 1.807) is 0 Å². The standard InChI is InChI=1S/C10H17NO7/c1-3-4(12)5(13)6(14)7(17-3)8-9(15)11(2)10(16)18-8/h3-9,12-15H,1-2H3. The molecule has 0 saturated carbocycles. The SMILES string of the molecule is CC1OC(C2OC(=O)N(C)C2O)C(O)C(O)C1O. The van der Waals surface area contributed by atoms with Crippen molar-refractivity contribution in [3.63, 3.8) is 0 Å². The molecule has 2 aliphatic heterocycles. The van der Waals surface area contributed by atoms with Crippen molar-refractivity contribution in [2.24, 2.45) is 0 Å². The smallest absolute Gasteiger partial charge is 0.412 e. The maximum absolute atomic E-state index is 11.3. The maximum Gasteiger partial charge on any atom is 0.412 e. The normalized spacial score (nSPS) is 49.3. The molecule has 1 amide bonds. The largest absolute Gasteiger partial charge is 0.438 e. The highest BCUT2D eigenvalue weighted by atomic mass is 16.6. The Morgan fingerprint density at radius 3 is 2.17 bits per heavy atom. The summed E-state index contributed by atoms with van der Waals surface area (Å²) in [5, 5.41) is 38.8. The van der Waals surface area contributed by atoms with Gasteiger partial charge in [0, 0.05) is 7.05 Å². The zero-order valence-electron chi connectivity index (χ0n) is 10.0. The highest BCUT2D eigenvalue weighted by molar-refractivity contribution is 5.70. The first-order valence-electron chi connectivity index (χ1n) is 5.65. The van der Waals surface area contributed by atoms with Crippen LogP contribution in [0.15, 0.2) is 0 Å². The molecule has 2 fully saturated rings. The van der Waals surface area contributed by atoms with E-state index in [9.17, 15) is 25.2 Å². The molecule has 0 radical (unpaired) electrons. The summed E-state index contributed by atoms with van der Waals surface area (Å²) in [7, 11) is 1.34. The van der Waals surface area contributed by atoms with Gasteiger partial charge >= 0.3 is 6.09 Å². The Morgan fingerprint density at radius 1 is 1.06 bits per heavy atom. The van der Waals surface area contributed by atoms with Crippen LogP contribution in [0.25, 0.3) is 0 Å². The number of likely N-dealkylation sites (N-methyl/N-ethyl adjacent to an activating group) is 1. The van der Waals surface area contributed by atoms with Gasteiger partial charge in [0.15, 0.2) is 12.3 Å². The molecular weight excluding hydrogens is 246 g/mol. The van der Waals surface area contributed by atoms with E-state index in [4.69, 9.17) is 9.47 Å². The van der Waals surface area contributed by atoms with Crippen molar-refractivity contribution in [2.75, 3.05) is 7.05 Å². The van der Waals surface area contributed by atoms with Gasteiger partial charge in [0.1, 0.15) is 24.4 Å². The van der Waals surface area contributed by atoms with E-state index >= 15 is 0 Å². The Balaban J connectivity index is 2.16. The second-order valence-electron chi connectivity index (χ2n) is 4.65. The first-order valence-corrected chi connectivity index (χ1v) is 5.65. The number of hydrogen-bond donors (Lipinski definition) is 4. The van der Waals surface area contributed by atoms with Crippen LogP contribution in [0.1, 0.15) is 6.92 Å². The van der Waals surface area contributed by atoms with Gasteiger partial charge in [0.05, 0.1) is 6.10 Å². The summed E-state index contributed by atoms with van der Waals surface area (Å²) in [6.07, 6.45) is -9.06. The Kier molecular flexibility index (Phi) is 3.47. The Hall–Kier alpha value is -0.930. The van der Waals surface area contributed by atoms with Crippen LogP contribution in [-0.2, 0) is 9.47 Å². The molecule has 8 nitrogen and oxygen atoms in total. The lowest BCUT2D eigenvalue weighted by Crippen LogP contribution is -2.61. The molecule has 4 N–H and O–H groups in total. The summed E-state index contributed by atoms with van der Waals surface area (Å²) in [5.41, 5.74) is 0. The average Bonchev–Trinajstić information content (AvgIpc) is 2.59. The van der Waals surface area contributed by atoms with E-state index < -0.39 is 48.9 Å². The molecule has 2 rings (SSSR count). The Bertz CT molecular complexity index is 338. The van der Waals surface area contributed by atoms with Crippen LogP contribution in [0, 0.1) is 0 Å². The van der Waals surface area contributed by atoms with Crippen LogP contribution in [-0.4, -0.2) is 81.3 Å². The van der Waals surface area contributed by atoms with Gasteiger partial charge in [0.2, 0.25) is 0 Å². The van der Waals surface area contributed by atoms with Gasteiger partial charge in [-0.2, -0.15) is 0 Å². The number of cyclic esters (lactones) is 1. The van der Waals surface area contributed by atoms with E-state index in [2.05, 4.69) is 0 Å². The van der Waals surface area contributed by atoms with Crippen LogP contribution >= 0.6 is 0 Å². The molecule has 104 valence electrons. The van der Waals surface area contributed by atoms with E-state index in [0.29, 0.717) is 0 Å². The number of carbonyl (C=O) groups is 1. The van der Waals surface area contributed by atoms with E-state index in [-0.39, 0.29) is 0 Å². The van der Waals surface area contributed by atoms with Gasteiger partial charge in [-0.15, -0.1) is 0 Å². The maximum atomic E-state index is 11.3. The molecule has 2 saturated heterocycles. The quantitative estimate of drug-likeness (QED) is 0.417. The predicted octanol–water partition coefficient (Wildman–Crippen LogP) is -2.37. The van der Waals surface area contributed by atoms with Crippen molar-refractivity contribution < 1.29 is 34.7 Å². The number of hydrogen-bond acceptors (Lipinski definition) is 7. The third-order valence-electron chi connectivity index (χ3n) is 3.43. The van der Waals surface area contributed by atoms with Crippen molar-refractivity contribution in [1.82, 2.24) is 4.90 Å². The lowest BCUT2D eigenvalue weighted by molar-refractivity contribution is -0.244. The second-order valence-corrected chi connectivity index (χ2v) is 4.65. The summed E-state index contributed by atoms with van der Waals surface area (Å²) in [4.78, 5) is 12.2. The number of amides is 1. The monoisotopic (exact) mass is 263 g/mol. The van der Waals surface area contributed by atoms with Gasteiger partial charge in [0.25, 0.3) is 0 Å². The molecule has 0 aromatic rings. The van der Waals surface area contributed by atoms with Gasteiger partial charge in [-0.1, -0.05) is 0 Å². The van der Waals surface area contributed by atoms with Crippen LogP contribution in [0.4, 0.5) is 4.79 Å². The minimum Gasteiger partial charge on any atom is -0.438 e. The van der Waals surface area contributed by atoms with E-state index in [1.807, 2.05) is 0 Å². The third kappa shape index (κ3) is 1.95. The lowest BCUT2D eigenvalue weighted by Gasteiger charge is -2.41. The number of aliphatic hydroxyl groups excluding tert-OH is 4. The third-order valence-corrected chi connectivity index (χ3v) is 3.43. The molecule has 18 heavy (non-hydrogen) atoms. The minimum absolute atomic E-state index is 0.739. The van der Waals surface area contributed by atoms with Gasteiger partial charge < -0.3 is 29.9 Å². The first-order chi connectivity index (χ1) is 8.34. The number of nitrogens with zero attached hydrogens (tertiary/aromatic N) is 1. The molecule has 2 heterocycles. The number of aliphatic hydroxyl groups is 4. The highest BCUT2D eigenvalue weighted by Crippen LogP contribution is 2.29. The lowest BCUT2D eigenvalue weighted by atomic mass is 9.92. The molecule has 7 unspecified atom stereocenters. The van der Waals surface area contributed by atoms with Crippen molar-refractivity contribution in [3.8, 4) is 0 Å². The number of rotatable bonds is 1. The fourth-order valence-corrected chi connectivity index (χ4v) is 2.18. The first kappa shape index (κ1) is 13.5. The van der Waals surface area contributed by atoms with Crippen molar-refractivity contribution in [3.05, 3.63) is 0 Å². The predicted molar refractivity (Wildman–Crippen MR) is 56.4 cm³/mol. The molecule has 0 aromatic heterocycles. The topological polar surface area (TPSA) is 120 Å². The molecule has 0 spiro atoms. The van der Waals surface area contributed by atoms with Crippen molar-refractivity contribution in [2.45, 2.75) is 49.8 Å². The van der Waals surface area contributed by atoms with Gasteiger partial charge in [-0.05, 0) is 6.92 Å². The fraction of sp³-hybridized carbons (Fsp3) is 0.900. The van der Waals surface area contributed by atoms with Crippen LogP contribution < -0.4 is 0 Å². The van der Waals surface area contributed by atoms with Crippen LogP contribution in [0.3, 0.4) is 0 Å². The average molecular weight is 263 g/mol. The van der Waals surface area contributed by atoms with Gasteiger partial charge in [-0.25, -0.2) is 4.79 Å². The summed E-state index contributed by atoms with van der Waals surface area (Å²) in [5.74, 6) is 0. The minimum atomic E-state index is -1.45. The summed E-state index contributed by atoms with van der Waals surface area (Å²) < 4.78 is 10.2. The van der Waals surface area contributed by atoms with E-state index in [0.717, 1.165) is 4.90 Å². The summed E-state index contributed by atoms with van der Waals surface area (Å²) in [6, 6.07) is 0. The zero-order chi connectivity index (χ0) is 13.6. The van der Waals surface area contributed by atoms with Crippen molar-refractivity contribution in [1.29, 1.82) is 0 Å². The summed E-state index contributed by atoms with van der Waals surface area (Å²) in [6.45, 7) is 1.51. The summed E-state index contributed by atoms with van der Waals surface area (Å²) >= 11 is 0. The van der Waals surface area contributed by atoms with Crippen molar-refractivity contribution >= 4 is 6.09 Å². The molecule has 7 atom stereocenters. The molecule has 8 heteroatoms.